The van der Waals surface area contributed by atoms with Crippen molar-refractivity contribution in [2.24, 2.45) is 0 Å². The molecular weight excluding hydrogens is 780 g/mol. The molecule has 0 amide bonds. The smallest absolute Gasteiger partial charge is 0.206 e. The molecule has 1 heterocycles. The second-order valence-electron chi connectivity index (χ2n) is 6.16. The molecule has 1 aliphatic carbocycles. The van der Waals surface area contributed by atoms with E-state index in [1.54, 1.807) is 0 Å². The molecular formula is C20H12I4O2. The van der Waals surface area contributed by atoms with E-state index in [4.69, 9.17) is 4.74 Å². The van der Waals surface area contributed by atoms with Crippen molar-refractivity contribution >= 4 is 96.1 Å². The van der Waals surface area contributed by atoms with Crippen molar-refractivity contribution in [3.05, 3.63) is 86.1 Å². The second-order valence-corrected chi connectivity index (χ2v) is 10.5. The Balaban J connectivity index is 1.91. The number of Topliss-reactive ketones (excluding diaryl/α,β-unsaturated/α-hetero) is 1. The molecule has 0 saturated carbocycles. The molecule has 4 rings (SSSR count). The number of carbonyl (C=O) groups is 1. The van der Waals surface area contributed by atoms with Gasteiger partial charge in [0.1, 0.15) is 5.60 Å². The van der Waals surface area contributed by atoms with E-state index in [1.807, 2.05) is 24.3 Å². The van der Waals surface area contributed by atoms with Gasteiger partial charge in [0.15, 0.2) is 0 Å². The van der Waals surface area contributed by atoms with Crippen LogP contribution < -0.4 is 0 Å². The maximum absolute atomic E-state index is 12.6. The zero-order valence-electron chi connectivity index (χ0n) is 13.3. The first kappa shape index (κ1) is 19.8. The molecule has 2 aromatic rings. The van der Waals surface area contributed by atoms with Gasteiger partial charge in [-0.3, -0.25) is 4.79 Å². The van der Waals surface area contributed by atoms with Crippen molar-refractivity contribution in [1.82, 2.24) is 0 Å². The summed E-state index contributed by atoms with van der Waals surface area (Å²) in [6.45, 7) is 0. The van der Waals surface area contributed by atoms with E-state index in [2.05, 4.69) is 127 Å². The number of carbonyl (C=O) groups excluding carboxylic acids is 1. The summed E-state index contributed by atoms with van der Waals surface area (Å²) in [7, 11) is 0. The summed E-state index contributed by atoms with van der Waals surface area (Å²) in [4.78, 5) is 12.6. The highest BCUT2D eigenvalue weighted by molar-refractivity contribution is 14.1. The van der Waals surface area contributed by atoms with Crippen LogP contribution in [0.1, 0.15) is 23.1 Å². The third-order valence-corrected chi connectivity index (χ3v) is 11.6. The lowest BCUT2D eigenvalue weighted by Gasteiger charge is -2.56. The van der Waals surface area contributed by atoms with E-state index in [1.165, 1.54) is 11.1 Å². The Labute approximate surface area is 206 Å². The monoisotopic (exact) mass is 792 g/mol. The van der Waals surface area contributed by atoms with E-state index in [9.17, 15) is 4.79 Å². The lowest BCUT2D eigenvalue weighted by molar-refractivity contribution is -0.180. The van der Waals surface area contributed by atoms with Gasteiger partial charge in [-0.25, -0.2) is 0 Å². The highest BCUT2D eigenvalue weighted by Crippen LogP contribution is 2.66. The Morgan fingerprint density at radius 1 is 0.731 bits per heavy atom. The molecule has 2 atom stereocenters. The van der Waals surface area contributed by atoms with Gasteiger partial charge in [-0.1, -0.05) is 60.7 Å². The molecule has 132 valence electrons. The van der Waals surface area contributed by atoms with Gasteiger partial charge in [-0.05, 0) is 101 Å². The molecule has 1 fully saturated rings. The second kappa shape index (κ2) is 7.71. The summed E-state index contributed by atoms with van der Waals surface area (Å²) >= 11 is 8.95. The lowest BCUT2D eigenvalue weighted by atomic mass is 9.69. The summed E-state index contributed by atoms with van der Waals surface area (Å²) in [5.74, 6) is 0.233. The minimum Gasteiger partial charge on any atom is -0.355 e. The predicted octanol–water partition coefficient (Wildman–Crippen LogP) is 7.03. The molecule has 1 saturated heterocycles. The van der Waals surface area contributed by atoms with Gasteiger partial charge in [-0.2, -0.15) is 0 Å². The molecule has 0 N–H and O–H groups in total. The van der Waals surface area contributed by atoms with Crippen molar-refractivity contribution in [1.29, 1.82) is 0 Å². The third kappa shape index (κ3) is 2.96. The highest BCUT2D eigenvalue weighted by Gasteiger charge is 2.63. The largest absolute Gasteiger partial charge is 0.355 e. The SMILES string of the molecule is O=C1C(I)=C(I)C2(O[C@@H](c3ccccc3)[C@H]2c2ccccc2)C(I)=C1I. The average Bonchev–Trinajstić information content (AvgIpc) is 2.66. The fraction of sp³-hybridized carbons (Fsp3) is 0.150. The van der Waals surface area contributed by atoms with Gasteiger partial charge in [0.2, 0.25) is 5.78 Å². The van der Waals surface area contributed by atoms with Crippen LogP contribution in [0.4, 0.5) is 0 Å². The zero-order chi connectivity index (χ0) is 18.5. The number of allylic oxidation sites excluding steroid dienone is 2. The predicted molar refractivity (Wildman–Crippen MR) is 137 cm³/mol. The Hall–Kier alpha value is 0.470. The lowest BCUT2D eigenvalue weighted by Crippen LogP contribution is -2.56. The van der Waals surface area contributed by atoms with E-state index in [0.717, 1.165) is 14.3 Å². The maximum atomic E-state index is 12.6. The summed E-state index contributed by atoms with van der Waals surface area (Å²) in [6.07, 6.45) is -0.0327. The summed E-state index contributed by atoms with van der Waals surface area (Å²) in [6, 6.07) is 20.8. The first-order chi connectivity index (χ1) is 12.5. The molecule has 1 spiro atoms. The van der Waals surface area contributed by atoms with Gasteiger partial charge in [-0.15, -0.1) is 0 Å². The van der Waals surface area contributed by atoms with E-state index >= 15 is 0 Å². The van der Waals surface area contributed by atoms with Crippen LogP contribution in [0.2, 0.25) is 0 Å². The minimum absolute atomic E-state index is 0.0327. The summed E-state index contributed by atoms with van der Waals surface area (Å²) in [5.41, 5.74) is 1.84. The number of hydrogen-bond donors (Lipinski definition) is 0. The maximum Gasteiger partial charge on any atom is 0.206 e. The molecule has 0 aromatic heterocycles. The number of benzene rings is 2. The van der Waals surface area contributed by atoms with Crippen molar-refractivity contribution in [2.75, 3.05) is 0 Å². The molecule has 2 nitrogen and oxygen atoms in total. The van der Waals surface area contributed by atoms with Crippen molar-refractivity contribution < 1.29 is 9.53 Å². The van der Waals surface area contributed by atoms with Crippen LogP contribution in [0.3, 0.4) is 0 Å². The standard InChI is InChI=1S/C20H12I4O2/c21-14-16(25)15(22)19(24)20(18(14)23)13(11-7-3-1-4-8-11)17(26-20)12-9-5-2-6-10-12/h1-10,13,17H/t13-,17+/m1/s1. The van der Waals surface area contributed by atoms with E-state index in [-0.39, 0.29) is 17.8 Å². The van der Waals surface area contributed by atoms with E-state index in [0.29, 0.717) is 0 Å². The molecule has 1 aliphatic heterocycles. The Bertz CT molecular complexity index is 907. The van der Waals surface area contributed by atoms with Crippen LogP contribution in [0.5, 0.6) is 0 Å². The Kier molecular flexibility index (Phi) is 5.86. The molecule has 2 aromatic carbocycles. The molecule has 0 unspecified atom stereocenters. The van der Waals surface area contributed by atoms with Crippen LogP contribution >= 0.6 is 90.4 Å². The Morgan fingerprint density at radius 3 is 1.69 bits per heavy atom. The van der Waals surface area contributed by atoms with Gasteiger partial charge in [0.25, 0.3) is 0 Å². The fourth-order valence-corrected chi connectivity index (χ4v) is 7.88. The van der Waals surface area contributed by atoms with Crippen LogP contribution in [0.25, 0.3) is 0 Å². The van der Waals surface area contributed by atoms with E-state index < -0.39 is 5.60 Å². The summed E-state index contributed by atoms with van der Waals surface area (Å²) in [5, 5.41) is 0. The molecule has 26 heavy (non-hydrogen) atoms. The fourth-order valence-electron chi connectivity index (χ4n) is 3.55. The first-order valence-corrected chi connectivity index (χ1v) is 12.2. The zero-order valence-corrected chi connectivity index (χ0v) is 21.9. The Morgan fingerprint density at radius 2 is 1.19 bits per heavy atom. The van der Waals surface area contributed by atoms with Gasteiger partial charge < -0.3 is 4.74 Å². The minimum atomic E-state index is -0.566. The number of ether oxygens (including phenoxy) is 1. The molecule has 0 bridgehead atoms. The van der Waals surface area contributed by atoms with Crippen molar-refractivity contribution in [3.63, 3.8) is 0 Å². The van der Waals surface area contributed by atoms with Crippen molar-refractivity contribution in [3.8, 4) is 0 Å². The normalized spacial score (nSPS) is 24.8. The molecule has 2 aliphatic rings. The van der Waals surface area contributed by atoms with Crippen LogP contribution in [-0.4, -0.2) is 11.4 Å². The van der Waals surface area contributed by atoms with Gasteiger partial charge in [0.05, 0.1) is 19.2 Å². The quantitative estimate of drug-likeness (QED) is 0.306. The highest BCUT2D eigenvalue weighted by atomic mass is 127. The van der Waals surface area contributed by atoms with Crippen LogP contribution in [-0.2, 0) is 9.53 Å². The molecule has 0 radical (unpaired) electrons. The molecule has 6 heteroatoms. The average molecular weight is 792 g/mol. The number of halogens is 4. The van der Waals surface area contributed by atoms with Crippen LogP contribution in [0, 0.1) is 0 Å². The van der Waals surface area contributed by atoms with Gasteiger partial charge in [0, 0.05) is 7.16 Å². The number of hydrogen-bond acceptors (Lipinski definition) is 2. The van der Waals surface area contributed by atoms with Crippen molar-refractivity contribution in [2.45, 2.75) is 17.6 Å². The number of rotatable bonds is 2. The third-order valence-electron chi connectivity index (χ3n) is 4.78. The van der Waals surface area contributed by atoms with Crippen LogP contribution in [0.15, 0.2) is 75.0 Å². The summed E-state index contributed by atoms with van der Waals surface area (Å²) < 4.78 is 10.2. The first-order valence-electron chi connectivity index (χ1n) is 7.92. The number of ketones is 1. The van der Waals surface area contributed by atoms with Gasteiger partial charge >= 0.3 is 0 Å². The topological polar surface area (TPSA) is 26.3 Å².